The summed E-state index contributed by atoms with van der Waals surface area (Å²) in [5, 5.41) is 18.8. The van der Waals surface area contributed by atoms with Crippen LogP contribution in [0.5, 0.6) is 0 Å². The van der Waals surface area contributed by atoms with Gasteiger partial charge in [-0.2, -0.15) is 11.3 Å². The first-order valence-electron chi connectivity index (χ1n) is 5.61. The SMILES string of the molecule is [C-]#[N+]c1cc(C(=O)CN2CC(O)C(O)C2)sc1C. The molecule has 1 saturated heterocycles. The maximum absolute atomic E-state index is 12.0. The fraction of sp³-hybridized carbons (Fsp3) is 0.500. The molecule has 0 amide bonds. The van der Waals surface area contributed by atoms with E-state index in [1.165, 1.54) is 11.3 Å². The number of aryl methyl sites for hydroxylation is 1. The highest BCUT2D eigenvalue weighted by molar-refractivity contribution is 7.14. The largest absolute Gasteiger partial charge is 0.389 e. The lowest BCUT2D eigenvalue weighted by atomic mass is 10.3. The molecule has 5 nitrogen and oxygen atoms in total. The minimum atomic E-state index is -0.776. The predicted molar refractivity (Wildman–Crippen MR) is 68.1 cm³/mol. The third-order valence-corrected chi connectivity index (χ3v) is 4.07. The molecule has 1 fully saturated rings. The van der Waals surface area contributed by atoms with Crippen LogP contribution in [0.2, 0.25) is 0 Å². The Morgan fingerprint density at radius 1 is 1.56 bits per heavy atom. The monoisotopic (exact) mass is 266 g/mol. The first-order chi connectivity index (χ1) is 8.51. The minimum absolute atomic E-state index is 0.0701. The van der Waals surface area contributed by atoms with Gasteiger partial charge in [0.1, 0.15) is 0 Å². The molecule has 2 N–H and O–H groups in total. The predicted octanol–water partition coefficient (Wildman–Crippen LogP) is 0.827. The quantitative estimate of drug-likeness (QED) is 0.628. The molecule has 1 aliphatic rings. The summed E-state index contributed by atoms with van der Waals surface area (Å²) in [5.74, 6) is -0.0701. The zero-order valence-corrected chi connectivity index (χ0v) is 10.8. The van der Waals surface area contributed by atoms with Crippen molar-refractivity contribution in [2.24, 2.45) is 0 Å². The summed E-state index contributed by atoms with van der Waals surface area (Å²) in [6.07, 6.45) is -1.55. The number of Topliss-reactive ketones (excluding diaryl/α,β-unsaturated/α-hetero) is 1. The van der Waals surface area contributed by atoms with Gasteiger partial charge in [0.05, 0.1) is 30.2 Å². The molecular formula is C12H14N2O3S. The molecule has 0 radical (unpaired) electrons. The molecule has 1 aliphatic heterocycles. The molecule has 0 bridgehead atoms. The van der Waals surface area contributed by atoms with E-state index in [0.717, 1.165) is 4.88 Å². The van der Waals surface area contributed by atoms with E-state index >= 15 is 0 Å². The number of rotatable bonds is 3. The second-order valence-electron chi connectivity index (χ2n) is 4.42. The zero-order chi connectivity index (χ0) is 13.3. The van der Waals surface area contributed by atoms with Gasteiger partial charge in [0, 0.05) is 18.0 Å². The Morgan fingerprint density at radius 2 is 2.17 bits per heavy atom. The van der Waals surface area contributed by atoms with Crippen molar-refractivity contribution in [1.29, 1.82) is 0 Å². The summed E-state index contributed by atoms with van der Waals surface area (Å²) in [5.41, 5.74) is 0.518. The Morgan fingerprint density at radius 3 is 2.67 bits per heavy atom. The lowest BCUT2D eigenvalue weighted by Crippen LogP contribution is -2.28. The van der Waals surface area contributed by atoms with Crippen molar-refractivity contribution in [3.8, 4) is 0 Å². The van der Waals surface area contributed by atoms with Crippen LogP contribution in [-0.2, 0) is 0 Å². The van der Waals surface area contributed by atoms with Crippen molar-refractivity contribution in [2.75, 3.05) is 19.6 Å². The Labute approximate surface area is 109 Å². The number of β-amino-alcohol motifs (C(OH)–C–C–N with tert-alkyl or cyclic N) is 2. The second-order valence-corrected chi connectivity index (χ2v) is 5.67. The summed E-state index contributed by atoms with van der Waals surface area (Å²) < 4.78 is 0. The van der Waals surface area contributed by atoms with Crippen LogP contribution in [0.1, 0.15) is 14.5 Å². The number of likely N-dealkylation sites (tertiary alicyclic amines) is 1. The van der Waals surface area contributed by atoms with E-state index in [-0.39, 0.29) is 12.3 Å². The van der Waals surface area contributed by atoms with Crippen LogP contribution in [0.15, 0.2) is 6.07 Å². The van der Waals surface area contributed by atoms with Crippen LogP contribution in [-0.4, -0.2) is 52.7 Å². The Bertz CT molecular complexity index is 496. The Kier molecular flexibility index (Phi) is 3.78. The summed E-state index contributed by atoms with van der Waals surface area (Å²) in [6, 6.07) is 1.61. The Hall–Kier alpha value is -1.26. The van der Waals surface area contributed by atoms with Gasteiger partial charge in [-0.25, -0.2) is 4.85 Å². The van der Waals surface area contributed by atoms with Gasteiger partial charge in [0.15, 0.2) is 5.78 Å². The van der Waals surface area contributed by atoms with E-state index in [1.807, 2.05) is 6.92 Å². The highest BCUT2D eigenvalue weighted by Crippen LogP contribution is 2.29. The van der Waals surface area contributed by atoms with Crippen molar-refractivity contribution in [3.63, 3.8) is 0 Å². The molecule has 6 heteroatoms. The van der Waals surface area contributed by atoms with E-state index in [4.69, 9.17) is 6.57 Å². The fourth-order valence-electron chi connectivity index (χ4n) is 1.98. The number of nitrogens with zero attached hydrogens (tertiary/aromatic N) is 2. The smallest absolute Gasteiger partial charge is 0.201 e. The van der Waals surface area contributed by atoms with Gasteiger partial charge in [-0.05, 0) is 13.0 Å². The number of hydrogen-bond acceptors (Lipinski definition) is 5. The average Bonchev–Trinajstić information content (AvgIpc) is 2.83. The molecule has 2 unspecified atom stereocenters. The molecule has 2 rings (SSSR count). The lowest BCUT2D eigenvalue weighted by molar-refractivity contribution is 0.0572. The van der Waals surface area contributed by atoms with Crippen molar-refractivity contribution in [2.45, 2.75) is 19.1 Å². The number of thiophene rings is 1. The molecule has 1 aromatic rings. The van der Waals surface area contributed by atoms with Crippen LogP contribution in [0.3, 0.4) is 0 Å². The van der Waals surface area contributed by atoms with Crippen LogP contribution in [0.25, 0.3) is 4.85 Å². The number of aliphatic hydroxyl groups is 2. The second kappa shape index (κ2) is 5.16. The molecule has 0 saturated carbocycles. The van der Waals surface area contributed by atoms with Gasteiger partial charge in [-0.1, -0.05) is 0 Å². The highest BCUT2D eigenvalue weighted by Gasteiger charge is 2.30. The maximum atomic E-state index is 12.0. The highest BCUT2D eigenvalue weighted by atomic mass is 32.1. The first kappa shape index (κ1) is 13.2. The van der Waals surface area contributed by atoms with Gasteiger partial charge < -0.3 is 10.2 Å². The standard InChI is InChI=1S/C12H14N2O3S/c1-7-8(13-2)3-12(18-7)11(17)6-14-4-9(15)10(16)5-14/h3,9-10,15-16H,4-6H2,1H3. The van der Waals surface area contributed by atoms with Gasteiger partial charge >= 0.3 is 0 Å². The minimum Gasteiger partial charge on any atom is -0.389 e. The first-order valence-corrected chi connectivity index (χ1v) is 6.42. The zero-order valence-electron chi connectivity index (χ0n) is 9.96. The summed E-state index contributed by atoms with van der Waals surface area (Å²) >= 11 is 1.32. The van der Waals surface area contributed by atoms with Crippen LogP contribution < -0.4 is 0 Å². The lowest BCUT2D eigenvalue weighted by Gasteiger charge is -2.12. The molecule has 2 heterocycles. The van der Waals surface area contributed by atoms with Gasteiger partial charge in [0.2, 0.25) is 5.69 Å². The van der Waals surface area contributed by atoms with E-state index < -0.39 is 12.2 Å². The number of hydrogen-bond donors (Lipinski definition) is 2. The third kappa shape index (κ3) is 2.60. The van der Waals surface area contributed by atoms with E-state index in [9.17, 15) is 15.0 Å². The molecule has 96 valence electrons. The van der Waals surface area contributed by atoms with E-state index in [2.05, 4.69) is 4.85 Å². The normalized spacial score (nSPS) is 24.1. The van der Waals surface area contributed by atoms with Crippen LogP contribution in [0, 0.1) is 13.5 Å². The molecule has 1 aromatic heterocycles. The van der Waals surface area contributed by atoms with Crippen molar-refractivity contribution < 1.29 is 15.0 Å². The van der Waals surface area contributed by atoms with Crippen molar-refractivity contribution >= 4 is 22.8 Å². The molecule has 0 aliphatic carbocycles. The Balaban J connectivity index is 2.02. The molecular weight excluding hydrogens is 252 g/mol. The summed E-state index contributed by atoms with van der Waals surface area (Å²) in [4.78, 5) is 18.5. The van der Waals surface area contributed by atoms with Gasteiger partial charge in [-0.3, -0.25) is 9.69 Å². The summed E-state index contributed by atoms with van der Waals surface area (Å²) in [6.45, 7) is 9.57. The topological polar surface area (TPSA) is 65.1 Å². The number of carbonyl (C=O) groups is 1. The maximum Gasteiger partial charge on any atom is 0.201 e. The van der Waals surface area contributed by atoms with Crippen molar-refractivity contribution in [3.05, 3.63) is 27.2 Å². The van der Waals surface area contributed by atoms with E-state index in [0.29, 0.717) is 23.7 Å². The van der Waals surface area contributed by atoms with E-state index in [1.54, 1.807) is 11.0 Å². The van der Waals surface area contributed by atoms with Crippen LogP contribution >= 0.6 is 11.3 Å². The summed E-state index contributed by atoms with van der Waals surface area (Å²) in [7, 11) is 0. The number of ketones is 1. The van der Waals surface area contributed by atoms with Gasteiger partial charge in [-0.15, -0.1) is 0 Å². The molecule has 2 atom stereocenters. The number of carbonyl (C=O) groups excluding carboxylic acids is 1. The molecule has 0 aromatic carbocycles. The molecule has 0 spiro atoms. The third-order valence-electron chi connectivity index (χ3n) is 2.99. The van der Waals surface area contributed by atoms with Crippen LogP contribution in [0.4, 0.5) is 5.69 Å². The fourth-order valence-corrected chi connectivity index (χ4v) is 2.87. The van der Waals surface area contributed by atoms with Gasteiger partial charge in [0.25, 0.3) is 0 Å². The van der Waals surface area contributed by atoms with Crippen molar-refractivity contribution in [1.82, 2.24) is 4.90 Å². The average molecular weight is 266 g/mol. The molecule has 18 heavy (non-hydrogen) atoms. The number of aliphatic hydroxyl groups excluding tert-OH is 2.